The van der Waals surface area contributed by atoms with Crippen LogP contribution in [-0.4, -0.2) is 84.5 Å². The molecule has 8 rings (SSSR count). The molecule has 0 aliphatic carbocycles. The number of aromatic amines is 2. The maximum atomic E-state index is 16.5. The van der Waals surface area contributed by atoms with Crippen molar-refractivity contribution in [3.63, 3.8) is 0 Å². The first-order valence-corrected chi connectivity index (χ1v) is 19.4. The van der Waals surface area contributed by atoms with Crippen molar-refractivity contribution in [3.05, 3.63) is 66.3 Å². The van der Waals surface area contributed by atoms with Gasteiger partial charge in [0.25, 0.3) is 0 Å². The van der Waals surface area contributed by atoms with E-state index in [2.05, 4.69) is 25.3 Å². The topological polar surface area (TPSA) is 176 Å². The molecule has 2 aromatic carbocycles. The van der Waals surface area contributed by atoms with Crippen molar-refractivity contribution in [3.8, 4) is 39.5 Å². The molecule has 14 nitrogen and oxygen atoms in total. The number of alkyl carbamates (subject to hydrolysis) is 1. The first-order chi connectivity index (χ1) is 26.9. The van der Waals surface area contributed by atoms with Crippen LogP contribution in [-0.2, 0) is 21.1 Å². The highest BCUT2D eigenvalue weighted by atomic mass is 19.1. The number of carbonyl (C=O) groups excluding carboxylic acids is 3. The van der Waals surface area contributed by atoms with Gasteiger partial charge < -0.3 is 44.9 Å². The summed E-state index contributed by atoms with van der Waals surface area (Å²) in [5.41, 5.74) is 11.1. The molecule has 294 valence electrons. The van der Waals surface area contributed by atoms with E-state index in [1.807, 2.05) is 73.6 Å². The fraction of sp³-hybridized carbons (Fsp3) is 0.439. The lowest BCUT2D eigenvalue weighted by Gasteiger charge is -2.30. The number of hydrogen-bond donors (Lipinski definition) is 4. The van der Waals surface area contributed by atoms with Gasteiger partial charge in [-0.25, -0.2) is 19.2 Å². The molecule has 5 N–H and O–H groups in total. The molecule has 2 fully saturated rings. The highest BCUT2D eigenvalue weighted by molar-refractivity contribution is 5.93. The van der Waals surface area contributed by atoms with Gasteiger partial charge >= 0.3 is 6.09 Å². The third-order valence-corrected chi connectivity index (χ3v) is 11.5. The number of ether oxygens (including phenoxy) is 2. The van der Waals surface area contributed by atoms with E-state index in [0.29, 0.717) is 58.3 Å². The van der Waals surface area contributed by atoms with Crippen LogP contribution in [0.3, 0.4) is 0 Å². The second kappa shape index (κ2) is 14.8. The molecular weight excluding hydrogens is 718 g/mol. The van der Waals surface area contributed by atoms with Gasteiger partial charge in [-0.3, -0.25) is 9.59 Å². The summed E-state index contributed by atoms with van der Waals surface area (Å²) in [7, 11) is 1.27. The standard InChI is InChI=1S/C41H48FN9O5/c1-21(2)34(43)39(52)49-14-6-8-30(49)37-45-19-28(47-37)24-10-12-25-32(17-24)56-20-51-29-13-11-23(16-26(29)33(42)36(25)51)27-18-44-38(46-27)31-9-7-15-50(31)40(53)35(22(3)4)48-41(54)55-5/h10-13,16-19,21-22,30-31,34-35H,6-9,14-15,20,43H2,1-5H3,(H,44,46)(H,45,47)(H,48,54)/t30-,31-,34?,35?/m0/s1. The van der Waals surface area contributed by atoms with E-state index >= 15 is 4.39 Å². The summed E-state index contributed by atoms with van der Waals surface area (Å²) in [4.78, 5) is 58.5. The van der Waals surface area contributed by atoms with Crippen LogP contribution in [0.4, 0.5) is 9.18 Å². The van der Waals surface area contributed by atoms with Crippen molar-refractivity contribution in [2.45, 2.75) is 84.3 Å². The van der Waals surface area contributed by atoms with Gasteiger partial charge in [-0.15, -0.1) is 0 Å². The normalized spacial score (nSPS) is 18.9. The highest BCUT2D eigenvalue weighted by Crippen LogP contribution is 2.43. The number of nitrogens with two attached hydrogens (primary N) is 1. The first kappa shape index (κ1) is 37.2. The van der Waals surface area contributed by atoms with Crippen LogP contribution in [0.5, 0.6) is 5.75 Å². The number of imidazole rings is 2. The quantitative estimate of drug-likeness (QED) is 0.136. The summed E-state index contributed by atoms with van der Waals surface area (Å²) >= 11 is 0. The maximum Gasteiger partial charge on any atom is 0.407 e. The van der Waals surface area contributed by atoms with E-state index in [1.54, 1.807) is 17.3 Å². The summed E-state index contributed by atoms with van der Waals surface area (Å²) in [5, 5.41) is 3.13. The molecule has 0 saturated carbocycles. The van der Waals surface area contributed by atoms with Gasteiger partial charge in [0.15, 0.2) is 12.5 Å². The Morgan fingerprint density at radius 2 is 1.50 bits per heavy atom. The van der Waals surface area contributed by atoms with E-state index in [4.69, 9.17) is 15.2 Å². The Labute approximate surface area is 323 Å². The number of carbonyl (C=O) groups is 3. The molecule has 6 heterocycles. The third-order valence-electron chi connectivity index (χ3n) is 11.5. The predicted molar refractivity (Wildman–Crippen MR) is 207 cm³/mol. The van der Waals surface area contributed by atoms with E-state index in [0.717, 1.165) is 42.5 Å². The molecule has 4 atom stereocenters. The van der Waals surface area contributed by atoms with Crippen LogP contribution in [0.1, 0.15) is 77.1 Å². The number of amides is 3. The Hall–Kier alpha value is -5.70. The van der Waals surface area contributed by atoms with Gasteiger partial charge in [0, 0.05) is 35.2 Å². The summed E-state index contributed by atoms with van der Waals surface area (Å²) in [6.45, 7) is 8.98. The molecule has 0 radical (unpaired) electrons. The van der Waals surface area contributed by atoms with Crippen molar-refractivity contribution in [1.29, 1.82) is 0 Å². The molecule has 0 spiro atoms. The molecule has 0 bridgehead atoms. The number of benzene rings is 2. The number of nitrogens with one attached hydrogen (secondary N) is 3. The zero-order chi connectivity index (χ0) is 39.4. The molecule has 56 heavy (non-hydrogen) atoms. The van der Waals surface area contributed by atoms with Crippen LogP contribution in [0, 0.1) is 17.7 Å². The van der Waals surface area contributed by atoms with Gasteiger partial charge in [-0.05, 0) is 61.8 Å². The molecule has 3 aliphatic heterocycles. The Balaban J connectivity index is 1.03. The summed E-state index contributed by atoms with van der Waals surface area (Å²) < 4.78 is 29.3. The number of H-pyrrole nitrogens is 2. The van der Waals surface area contributed by atoms with Crippen molar-refractivity contribution in [2.75, 3.05) is 20.2 Å². The van der Waals surface area contributed by atoms with E-state index < -0.39 is 18.2 Å². The van der Waals surface area contributed by atoms with Gasteiger partial charge in [0.2, 0.25) is 11.8 Å². The lowest BCUT2D eigenvalue weighted by molar-refractivity contribution is -0.136. The van der Waals surface area contributed by atoms with Gasteiger partial charge in [-0.2, -0.15) is 0 Å². The molecule has 2 saturated heterocycles. The summed E-state index contributed by atoms with van der Waals surface area (Å²) in [6.07, 6.45) is 6.02. The SMILES string of the molecule is COC(=O)NC(C(=O)N1CCC[C@H]1c1ncc(-c2ccc3c(c2)c(F)c2n3COc3cc(-c4cnc([C@@H]5CCCN5C(=O)C(N)C(C)C)[nH]4)ccc3-2)[nH]1)C(C)C. The maximum absolute atomic E-state index is 16.5. The van der Waals surface area contributed by atoms with E-state index in [-0.39, 0.29) is 48.3 Å². The predicted octanol–water partition coefficient (Wildman–Crippen LogP) is 6.27. The van der Waals surface area contributed by atoms with E-state index in [1.165, 1.54) is 7.11 Å². The van der Waals surface area contributed by atoms with Gasteiger partial charge in [0.05, 0.1) is 60.2 Å². The number of halogens is 1. The minimum atomic E-state index is -0.733. The Kier molecular flexibility index (Phi) is 9.81. The Morgan fingerprint density at radius 3 is 2.11 bits per heavy atom. The molecule has 3 aliphatic rings. The van der Waals surface area contributed by atoms with Crippen LogP contribution in [0.25, 0.3) is 44.7 Å². The second-order valence-electron chi connectivity index (χ2n) is 15.7. The molecule has 2 unspecified atom stereocenters. The molecule has 3 aromatic heterocycles. The average Bonchev–Trinajstić information content (AvgIpc) is 4.05. The highest BCUT2D eigenvalue weighted by Gasteiger charge is 2.38. The number of nitrogens with zero attached hydrogens (tertiary/aromatic N) is 5. The summed E-state index contributed by atoms with van der Waals surface area (Å²) in [5.74, 6) is 1.21. The zero-order valence-electron chi connectivity index (χ0n) is 32.3. The van der Waals surface area contributed by atoms with Crippen molar-refractivity contribution >= 4 is 28.8 Å². The van der Waals surface area contributed by atoms with Crippen LogP contribution >= 0.6 is 0 Å². The van der Waals surface area contributed by atoms with Crippen LogP contribution in [0.15, 0.2) is 48.8 Å². The fourth-order valence-electron chi connectivity index (χ4n) is 8.31. The van der Waals surface area contributed by atoms with Gasteiger partial charge in [-0.1, -0.05) is 39.8 Å². The van der Waals surface area contributed by atoms with Crippen molar-refractivity contribution < 1.29 is 28.2 Å². The minimum Gasteiger partial charge on any atom is -0.472 e. The number of likely N-dealkylation sites (tertiary alicyclic amines) is 2. The van der Waals surface area contributed by atoms with Crippen LogP contribution in [0.2, 0.25) is 0 Å². The lowest BCUT2D eigenvalue weighted by atomic mass is 10.0. The number of fused-ring (bicyclic) bond motifs is 5. The average molecular weight is 766 g/mol. The summed E-state index contributed by atoms with van der Waals surface area (Å²) in [6, 6.07) is 9.54. The molecule has 3 amide bonds. The monoisotopic (exact) mass is 765 g/mol. The third kappa shape index (κ3) is 6.46. The molecular formula is C41H48FN9O5. The Morgan fingerprint density at radius 1 is 0.893 bits per heavy atom. The van der Waals surface area contributed by atoms with Gasteiger partial charge in [0.1, 0.15) is 23.4 Å². The fourth-order valence-corrected chi connectivity index (χ4v) is 8.31. The Bertz CT molecular complexity index is 2310. The number of aromatic nitrogens is 5. The number of hydrogen-bond acceptors (Lipinski definition) is 8. The zero-order valence-corrected chi connectivity index (χ0v) is 32.3. The number of methoxy groups -OCH3 is 1. The first-order valence-electron chi connectivity index (χ1n) is 19.4. The number of rotatable bonds is 9. The lowest BCUT2D eigenvalue weighted by Crippen LogP contribution is -2.51. The van der Waals surface area contributed by atoms with E-state index in [9.17, 15) is 14.4 Å². The molecule has 5 aromatic rings. The second-order valence-corrected chi connectivity index (χ2v) is 15.7. The largest absolute Gasteiger partial charge is 0.472 e. The minimum absolute atomic E-state index is 0.0399. The molecule has 15 heteroatoms. The van der Waals surface area contributed by atoms with Crippen molar-refractivity contribution in [2.24, 2.45) is 17.6 Å². The smallest absolute Gasteiger partial charge is 0.407 e. The van der Waals surface area contributed by atoms with Crippen molar-refractivity contribution in [1.82, 2.24) is 39.6 Å². The van der Waals surface area contributed by atoms with Crippen LogP contribution < -0.4 is 15.8 Å².